The number of nitro groups is 1. The third-order valence-electron chi connectivity index (χ3n) is 3.08. The largest absolute Gasteiger partial charge is 0.443 e. The molecule has 0 N–H and O–H groups in total. The van der Waals surface area contributed by atoms with E-state index in [9.17, 15) is 14.9 Å². The van der Waals surface area contributed by atoms with Gasteiger partial charge in [-0.25, -0.2) is 9.78 Å². The van der Waals surface area contributed by atoms with Crippen LogP contribution in [0.15, 0.2) is 35.1 Å². The van der Waals surface area contributed by atoms with E-state index in [1.165, 1.54) is 30.7 Å². The van der Waals surface area contributed by atoms with Crippen LogP contribution in [-0.2, 0) is 4.74 Å². The van der Waals surface area contributed by atoms with E-state index in [1.807, 2.05) is 0 Å². The van der Waals surface area contributed by atoms with Gasteiger partial charge in [-0.05, 0) is 26.8 Å². The smallest absolute Gasteiger partial charge is 0.435 e. The molecule has 3 aromatic rings. The topological polar surface area (TPSA) is 113 Å². The van der Waals surface area contributed by atoms with Gasteiger partial charge in [0.1, 0.15) is 11.9 Å². The fourth-order valence-corrected chi connectivity index (χ4v) is 2.16. The predicted molar refractivity (Wildman–Crippen MR) is 83.5 cm³/mol. The lowest BCUT2D eigenvalue weighted by Gasteiger charge is -2.19. The van der Waals surface area contributed by atoms with Crippen LogP contribution in [0.2, 0.25) is 0 Å². The number of benzene rings is 1. The van der Waals surface area contributed by atoms with E-state index >= 15 is 0 Å². The lowest BCUT2D eigenvalue weighted by atomic mass is 10.2. The summed E-state index contributed by atoms with van der Waals surface area (Å²) in [6.45, 7) is 5.20. The van der Waals surface area contributed by atoms with Gasteiger partial charge in [-0.15, -0.1) is 0 Å². The number of aromatic nitrogens is 3. The number of hydrogen-bond acceptors (Lipinski definition) is 7. The zero-order chi connectivity index (χ0) is 17.5. The quantitative estimate of drug-likeness (QED) is 0.522. The van der Waals surface area contributed by atoms with Gasteiger partial charge in [0.25, 0.3) is 5.69 Å². The van der Waals surface area contributed by atoms with Crippen LogP contribution in [0.1, 0.15) is 20.8 Å². The summed E-state index contributed by atoms with van der Waals surface area (Å²) in [6, 6.07) is 4.06. The first-order valence-corrected chi connectivity index (χ1v) is 7.06. The van der Waals surface area contributed by atoms with Crippen LogP contribution in [0.3, 0.4) is 0 Å². The summed E-state index contributed by atoms with van der Waals surface area (Å²) in [7, 11) is 0. The molecule has 24 heavy (non-hydrogen) atoms. The second-order valence-corrected chi connectivity index (χ2v) is 6.04. The highest BCUT2D eigenvalue weighted by molar-refractivity contribution is 5.97. The van der Waals surface area contributed by atoms with Crippen molar-refractivity contribution in [3.63, 3.8) is 0 Å². The van der Waals surface area contributed by atoms with Crippen LogP contribution >= 0.6 is 0 Å². The Labute approximate surface area is 136 Å². The molecule has 0 radical (unpaired) electrons. The second kappa shape index (κ2) is 5.44. The van der Waals surface area contributed by atoms with Gasteiger partial charge < -0.3 is 9.15 Å². The van der Waals surface area contributed by atoms with Gasteiger partial charge in [0.05, 0.1) is 16.6 Å². The van der Waals surface area contributed by atoms with Crippen LogP contribution in [-0.4, -0.2) is 31.4 Å². The molecule has 0 aliphatic heterocycles. The molecule has 0 fully saturated rings. The number of nitrogens with zero attached hydrogens (tertiary/aromatic N) is 4. The summed E-state index contributed by atoms with van der Waals surface area (Å²) >= 11 is 0. The maximum absolute atomic E-state index is 12.4. The van der Waals surface area contributed by atoms with Crippen molar-refractivity contribution in [2.24, 2.45) is 0 Å². The van der Waals surface area contributed by atoms with Crippen LogP contribution in [0.25, 0.3) is 22.5 Å². The van der Waals surface area contributed by atoms with Gasteiger partial charge in [-0.2, -0.15) is 9.78 Å². The molecule has 2 aromatic heterocycles. The third-order valence-corrected chi connectivity index (χ3v) is 3.08. The maximum atomic E-state index is 12.4. The molecule has 124 valence electrons. The molecule has 0 saturated carbocycles. The minimum atomic E-state index is -0.709. The van der Waals surface area contributed by atoms with Crippen LogP contribution in [0.4, 0.5) is 10.5 Å². The average molecular weight is 330 g/mol. The van der Waals surface area contributed by atoms with Gasteiger partial charge in [-0.3, -0.25) is 10.1 Å². The van der Waals surface area contributed by atoms with E-state index in [-0.39, 0.29) is 17.3 Å². The number of fused-ring (bicyclic) bond motifs is 1. The Bertz CT molecular complexity index is 921. The Morgan fingerprint density at radius 1 is 1.38 bits per heavy atom. The summed E-state index contributed by atoms with van der Waals surface area (Å²) in [6.07, 6.45) is 2.08. The molecule has 1 aromatic carbocycles. The maximum Gasteiger partial charge on any atom is 0.435 e. The van der Waals surface area contributed by atoms with Crippen molar-refractivity contribution >= 4 is 22.7 Å². The Hall–Kier alpha value is -3.23. The van der Waals surface area contributed by atoms with Gasteiger partial charge in [0.15, 0.2) is 5.69 Å². The van der Waals surface area contributed by atoms with E-state index < -0.39 is 16.6 Å². The number of nitro benzene ring substituents is 1. The van der Waals surface area contributed by atoms with E-state index in [1.54, 1.807) is 20.8 Å². The highest BCUT2D eigenvalue weighted by atomic mass is 16.6. The molecule has 0 spiro atoms. The average Bonchev–Trinajstić information content (AvgIpc) is 3.11. The summed E-state index contributed by atoms with van der Waals surface area (Å²) in [5.41, 5.74) is -0.245. The van der Waals surface area contributed by atoms with Crippen molar-refractivity contribution in [1.29, 1.82) is 0 Å². The number of carbonyl (C=O) groups is 1. The zero-order valence-corrected chi connectivity index (χ0v) is 13.2. The van der Waals surface area contributed by atoms with Gasteiger partial charge >= 0.3 is 6.09 Å². The SMILES string of the molecule is CC(C)(C)OC(=O)n1nc(-c2ncco2)c2cc([N+](=O)[O-])ccc21. The summed E-state index contributed by atoms with van der Waals surface area (Å²) in [5, 5.41) is 15.6. The zero-order valence-electron chi connectivity index (χ0n) is 13.2. The number of oxazole rings is 1. The minimum Gasteiger partial charge on any atom is -0.443 e. The van der Waals surface area contributed by atoms with E-state index in [0.29, 0.717) is 10.9 Å². The van der Waals surface area contributed by atoms with Crippen molar-refractivity contribution in [2.45, 2.75) is 26.4 Å². The standard InChI is InChI=1S/C15H14N4O5/c1-15(2,3)24-14(20)18-11-5-4-9(19(21)22)8-10(11)12(17-18)13-16-6-7-23-13/h4-8H,1-3H3. The lowest BCUT2D eigenvalue weighted by molar-refractivity contribution is -0.384. The van der Waals surface area contributed by atoms with E-state index in [2.05, 4.69) is 10.1 Å². The van der Waals surface area contributed by atoms with Crippen molar-refractivity contribution in [3.05, 3.63) is 40.8 Å². The summed E-state index contributed by atoms with van der Waals surface area (Å²) < 4.78 is 11.6. The first-order valence-electron chi connectivity index (χ1n) is 7.06. The van der Waals surface area contributed by atoms with Crippen LogP contribution in [0, 0.1) is 10.1 Å². The number of rotatable bonds is 2. The van der Waals surface area contributed by atoms with Crippen LogP contribution < -0.4 is 0 Å². The lowest BCUT2D eigenvalue weighted by Crippen LogP contribution is -2.27. The first-order chi connectivity index (χ1) is 11.3. The molecule has 0 unspecified atom stereocenters. The van der Waals surface area contributed by atoms with E-state index in [0.717, 1.165) is 4.68 Å². The predicted octanol–water partition coefficient (Wildman–Crippen LogP) is 3.38. The van der Waals surface area contributed by atoms with E-state index in [4.69, 9.17) is 9.15 Å². The van der Waals surface area contributed by atoms with Crippen LogP contribution in [0.5, 0.6) is 0 Å². The number of ether oxygens (including phenoxy) is 1. The summed E-state index contributed by atoms with van der Waals surface area (Å²) in [5.74, 6) is 0.155. The molecule has 0 aliphatic carbocycles. The molecule has 0 bridgehead atoms. The van der Waals surface area contributed by atoms with Gasteiger partial charge in [0.2, 0.25) is 5.89 Å². The van der Waals surface area contributed by atoms with Gasteiger partial charge in [0, 0.05) is 17.5 Å². The number of non-ortho nitro benzene ring substituents is 1. The Kier molecular flexibility index (Phi) is 3.55. The fraction of sp³-hybridized carbons (Fsp3) is 0.267. The molecule has 0 saturated heterocycles. The molecule has 0 amide bonds. The first kappa shape index (κ1) is 15.7. The Morgan fingerprint density at radius 3 is 2.71 bits per heavy atom. The minimum absolute atomic E-state index is 0.126. The molecule has 0 aliphatic rings. The van der Waals surface area contributed by atoms with Crippen molar-refractivity contribution in [1.82, 2.24) is 14.8 Å². The second-order valence-electron chi connectivity index (χ2n) is 6.04. The van der Waals surface area contributed by atoms with Crippen molar-refractivity contribution in [2.75, 3.05) is 0 Å². The molecular weight excluding hydrogens is 316 g/mol. The van der Waals surface area contributed by atoms with Crippen molar-refractivity contribution in [3.8, 4) is 11.6 Å². The molecular formula is C15H14N4O5. The number of hydrogen-bond donors (Lipinski definition) is 0. The number of carbonyl (C=O) groups excluding carboxylic acids is 1. The third kappa shape index (κ3) is 2.83. The Balaban J connectivity index is 2.21. The molecule has 9 heteroatoms. The normalized spacial score (nSPS) is 11.6. The Morgan fingerprint density at radius 2 is 2.12 bits per heavy atom. The fourth-order valence-electron chi connectivity index (χ4n) is 2.16. The highest BCUT2D eigenvalue weighted by Gasteiger charge is 2.25. The molecule has 2 heterocycles. The monoisotopic (exact) mass is 330 g/mol. The summed E-state index contributed by atoms with van der Waals surface area (Å²) in [4.78, 5) is 26.9. The molecule has 0 atom stereocenters. The molecule has 3 rings (SSSR count). The van der Waals surface area contributed by atoms with Gasteiger partial charge in [-0.1, -0.05) is 0 Å². The van der Waals surface area contributed by atoms with Crippen molar-refractivity contribution < 1.29 is 18.9 Å². The molecule has 9 nitrogen and oxygen atoms in total. The highest BCUT2D eigenvalue weighted by Crippen LogP contribution is 2.30.